The first-order valence-electron chi connectivity index (χ1n) is 8.50. The van der Waals surface area contributed by atoms with Gasteiger partial charge in [0.15, 0.2) is 0 Å². The Morgan fingerprint density at radius 3 is 2.96 bits per heavy atom. The van der Waals surface area contributed by atoms with E-state index in [1.54, 1.807) is 24.7 Å². The van der Waals surface area contributed by atoms with E-state index in [0.29, 0.717) is 6.54 Å². The molecule has 1 aromatic heterocycles. The predicted octanol–water partition coefficient (Wildman–Crippen LogP) is 2.52. The highest BCUT2D eigenvalue weighted by Gasteiger charge is 2.18. The van der Waals surface area contributed by atoms with Gasteiger partial charge in [-0.2, -0.15) is 0 Å². The van der Waals surface area contributed by atoms with Gasteiger partial charge in [-0.3, -0.25) is 9.88 Å². The summed E-state index contributed by atoms with van der Waals surface area (Å²) >= 11 is 0. The van der Waals surface area contributed by atoms with Crippen LogP contribution < -0.4 is 0 Å². The summed E-state index contributed by atoms with van der Waals surface area (Å²) in [5.41, 5.74) is 3.76. The maximum atomic E-state index is 10.1. The molecule has 0 aliphatic carbocycles. The predicted molar refractivity (Wildman–Crippen MR) is 99.1 cm³/mol. The Hall–Kier alpha value is -2.50. The minimum Gasteiger partial charge on any atom is -0.393 e. The van der Waals surface area contributed by atoms with Gasteiger partial charge in [0, 0.05) is 32.0 Å². The number of hydrogen-bond donors (Lipinski definition) is 1. The van der Waals surface area contributed by atoms with Crippen LogP contribution in [0.3, 0.4) is 0 Å². The third-order valence-electron chi connectivity index (χ3n) is 4.14. The van der Waals surface area contributed by atoms with Crippen molar-refractivity contribution < 1.29 is 9.94 Å². The lowest BCUT2D eigenvalue weighted by molar-refractivity contribution is 0.0171. The highest BCUT2D eigenvalue weighted by molar-refractivity contribution is 5.77. The third-order valence-corrected chi connectivity index (χ3v) is 4.14. The van der Waals surface area contributed by atoms with Crippen LogP contribution in [0.25, 0.3) is 6.08 Å². The summed E-state index contributed by atoms with van der Waals surface area (Å²) in [6.45, 7) is 2.63. The summed E-state index contributed by atoms with van der Waals surface area (Å²) < 4.78 is 0. The van der Waals surface area contributed by atoms with Crippen molar-refractivity contribution in [2.75, 3.05) is 19.7 Å². The minimum absolute atomic E-state index is 0.190. The van der Waals surface area contributed by atoms with E-state index in [0.717, 1.165) is 25.1 Å². The number of oxime groups is 1. The lowest BCUT2D eigenvalue weighted by Crippen LogP contribution is -2.38. The van der Waals surface area contributed by atoms with Gasteiger partial charge in [-0.25, -0.2) is 0 Å². The Morgan fingerprint density at radius 2 is 2.12 bits per heavy atom. The summed E-state index contributed by atoms with van der Waals surface area (Å²) in [5, 5.41) is 14.0. The summed E-state index contributed by atoms with van der Waals surface area (Å²) in [6.07, 6.45) is 9.22. The zero-order valence-corrected chi connectivity index (χ0v) is 14.2. The fourth-order valence-corrected chi connectivity index (χ4v) is 2.90. The van der Waals surface area contributed by atoms with Crippen LogP contribution in [0.15, 0.2) is 60.0 Å². The average Bonchev–Trinajstić information content (AvgIpc) is 2.65. The molecule has 0 radical (unpaired) electrons. The number of rotatable bonds is 7. The maximum Gasteiger partial charge on any atom is 0.144 e. The number of nitrogens with zero attached hydrogens (tertiary/aromatic N) is 3. The number of aliphatic hydroxyl groups is 1. The van der Waals surface area contributed by atoms with E-state index in [-0.39, 0.29) is 6.61 Å². The van der Waals surface area contributed by atoms with Crippen LogP contribution in [-0.4, -0.2) is 47.0 Å². The van der Waals surface area contributed by atoms with E-state index >= 15 is 0 Å². The summed E-state index contributed by atoms with van der Waals surface area (Å²) in [6, 6.07) is 12.3. The number of aromatic nitrogens is 1. The van der Waals surface area contributed by atoms with E-state index in [1.165, 1.54) is 11.1 Å². The summed E-state index contributed by atoms with van der Waals surface area (Å²) in [4.78, 5) is 11.5. The molecule has 2 heterocycles. The van der Waals surface area contributed by atoms with E-state index < -0.39 is 6.10 Å². The molecule has 0 spiro atoms. The summed E-state index contributed by atoms with van der Waals surface area (Å²) in [7, 11) is 0. The van der Waals surface area contributed by atoms with E-state index in [1.807, 2.05) is 18.2 Å². The molecule has 5 heteroatoms. The minimum atomic E-state index is -0.551. The van der Waals surface area contributed by atoms with Gasteiger partial charge in [0.2, 0.25) is 0 Å². The molecule has 130 valence electrons. The van der Waals surface area contributed by atoms with Crippen molar-refractivity contribution >= 4 is 12.3 Å². The molecule has 1 aromatic carbocycles. The highest BCUT2D eigenvalue weighted by atomic mass is 16.6. The number of aliphatic hydroxyl groups excluding tert-OH is 1. The molecule has 1 aliphatic heterocycles. The molecule has 5 nitrogen and oxygen atoms in total. The van der Waals surface area contributed by atoms with Gasteiger partial charge in [0.05, 0.1) is 6.21 Å². The monoisotopic (exact) mass is 337 g/mol. The average molecular weight is 337 g/mol. The lowest BCUT2D eigenvalue weighted by Gasteiger charge is -2.29. The topological polar surface area (TPSA) is 58.0 Å². The van der Waals surface area contributed by atoms with Crippen molar-refractivity contribution in [3.63, 3.8) is 0 Å². The maximum absolute atomic E-state index is 10.1. The van der Waals surface area contributed by atoms with E-state index in [4.69, 9.17) is 4.84 Å². The second kappa shape index (κ2) is 9.11. The molecule has 25 heavy (non-hydrogen) atoms. The molecular formula is C20H23N3O2. The molecule has 0 fully saturated rings. The smallest absolute Gasteiger partial charge is 0.144 e. The normalized spacial score (nSPS) is 16.2. The van der Waals surface area contributed by atoms with Gasteiger partial charge < -0.3 is 9.94 Å². The Bertz CT molecular complexity index is 716. The molecule has 0 saturated heterocycles. The zero-order chi connectivity index (χ0) is 17.3. The van der Waals surface area contributed by atoms with Crippen LogP contribution in [0.2, 0.25) is 0 Å². The first kappa shape index (κ1) is 17.3. The van der Waals surface area contributed by atoms with Crippen molar-refractivity contribution in [3.05, 3.63) is 71.6 Å². The van der Waals surface area contributed by atoms with Crippen LogP contribution in [-0.2, 0) is 17.8 Å². The molecule has 3 rings (SSSR count). The van der Waals surface area contributed by atoms with E-state index in [2.05, 4.69) is 39.3 Å². The second-order valence-electron chi connectivity index (χ2n) is 6.10. The van der Waals surface area contributed by atoms with Crippen molar-refractivity contribution in [1.29, 1.82) is 0 Å². The molecule has 2 aromatic rings. The summed E-state index contributed by atoms with van der Waals surface area (Å²) in [5.74, 6) is 0. The number of benzene rings is 1. The van der Waals surface area contributed by atoms with Gasteiger partial charge in [-0.15, -0.1) is 0 Å². The zero-order valence-electron chi connectivity index (χ0n) is 14.2. The van der Waals surface area contributed by atoms with Crippen molar-refractivity contribution in [2.45, 2.75) is 19.1 Å². The molecule has 0 bridgehead atoms. The number of allylic oxidation sites excluding steroid dienone is 1. The van der Waals surface area contributed by atoms with Gasteiger partial charge >= 0.3 is 0 Å². The molecule has 0 amide bonds. The second-order valence-corrected chi connectivity index (χ2v) is 6.10. The van der Waals surface area contributed by atoms with Crippen LogP contribution in [0.1, 0.15) is 16.7 Å². The molecule has 1 aliphatic rings. The van der Waals surface area contributed by atoms with Crippen LogP contribution in [0.4, 0.5) is 0 Å². The number of hydrogen-bond acceptors (Lipinski definition) is 5. The van der Waals surface area contributed by atoms with Crippen LogP contribution in [0.5, 0.6) is 0 Å². The quantitative estimate of drug-likeness (QED) is 0.623. The first-order valence-corrected chi connectivity index (χ1v) is 8.50. The fourth-order valence-electron chi connectivity index (χ4n) is 2.90. The lowest BCUT2D eigenvalue weighted by atomic mass is 10.00. The third kappa shape index (κ3) is 5.52. The van der Waals surface area contributed by atoms with Gasteiger partial charge in [0.1, 0.15) is 12.7 Å². The van der Waals surface area contributed by atoms with Crippen molar-refractivity contribution in [3.8, 4) is 0 Å². The largest absolute Gasteiger partial charge is 0.393 e. The van der Waals surface area contributed by atoms with Crippen molar-refractivity contribution in [1.82, 2.24) is 9.88 Å². The Balaban J connectivity index is 1.36. The molecule has 1 unspecified atom stereocenters. The standard InChI is InChI=1S/C20H23N3O2/c24-20(15-23-12-9-18-7-1-2-8-19(18)14-23)16-25-22-11-4-6-17-5-3-10-21-13-17/h1-8,10-11,13,20,24H,9,12,14-16H2/b6-4+,22-11+. The SMILES string of the molecule is OC(CO/N=C/C=C/c1cccnc1)CN1CCc2ccccc2C1. The number of pyridine rings is 1. The Morgan fingerprint density at radius 1 is 1.24 bits per heavy atom. The van der Waals surface area contributed by atoms with Gasteiger partial charge in [0.25, 0.3) is 0 Å². The Kier molecular flexibility index (Phi) is 6.31. The van der Waals surface area contributed by atoms with Crippen molar-refractivity contribution in [2.24, 2.45) is 5.16 Å². The fraction of sp³-hybridized carbons (Fsp3) is 0.300. The number of β-amino-alcohol motifs (C(OH)–C–C–N with tert-alkyl or cyclic N) is 1. The van der Waals surface area contributed by atoms with E-state index in [9.17, 15) is 5.11 Å². The van der Waals surface area contributed by atoms with Crippen LogP contribution >= 0.6 is 0 Å². The molecule has 1 N–H and O–H groups in total. The highest BCUT2D eigenvalue weighted by Crippen LogP contribution is 2.18. The van der Waals surface area contributed by atoms with Gasteiger partial charge in [-0.05, 0) is 35.3 Å². The van der Waals surface area contributed by atoms with Gasteiger partial charge in [-0.1, -0.05) is 41.6 Å². The molecular weight excluding hydrogens is 314 g/mol. The molecule has 0 saturated carbocycles. The Labute approximate surface area is 148 Å². The molecule has 1 atom stereocenters. The number of fused-ring (bicyclic) bond motifs is 1. The van der Waals surface area contributed by atoms with Crippen LogP contribution in [0, 0.1) is 0 Å². The first-order chi connectivity index (χ1) is 12.3.